The van der Waals surface area contributed by atoms with Gasteiger partial charge in [0, 0.05) is 0 Å². The summed E-state index contributed by atoms with van der Waals surface area (Å²) in [6, 6.07) is 0. The SMILES string of the molecule is CC.C\C=C/C=C(\C=C/C)CC1CCNCC1. The van der Waals surface area contributed by atoms with Gasteiger partial charge in [-0.3, -0.25) is 0 Å². The van der Waals surface area contributed by atoms with Crippen LogP contribution in [0.1, 0.15) is 47.0 Å². The largest absolute Gasteiger partial charge is 0.317 e. The van der Waals surface area contributed by atoms with Crippen LogP contribution in [0.15, 0.2) is 36.0 Å². The molecular formula is C16H29N. The van der Waals surface area contributed by atoms with E-state index in [0.29, 0.717) is 0 Å². The van der Waals surface area contributed by atoms with Gasteiger partial charge in [0.05, 0.1) is 0 Å². The maximum atomic E-state index is 3.41. The summed E-state index contributed by atoms with van der Waals surface area (Å²) in [4.78, 5) is 0. The van der Waals surface area contributed by atoms with Gasteiger partial charge in [-0.1, -0.05) is 44.2 Å². The lowest BCUT2D eigenvalue weighted by Gasteiger charge is -2.22. The Morgan fingerprint density at radius 1 is 1.12 bits per heavy atom. The number of nitrogens with one attached hydrogen (secondary N) is 1. The van der Waals surface area contributed by atoms with Gasteiger partial charge in [0.25, 0.3) is 0 Å². The van der Waals surface area contributed by atoms with E-state index in [1.807, 2.05) is 13.8 Å². The summed E-state index contributed by atoms with van der Waals surface area (Å²) < 4.78 is 0. The molecule has 0 atom stereocenters. The van der Waals surface area contributed by atoms with E-state index in [4.69, 9.17) is 0 Å². The molecule has 1 heteroatoms. The highest BCUT2D eigenvalue weighted by molar-refractivity contribution is 5.23. The first-order valence-electron chi connectivity index (χ1n) is 7.02. The number of hydrogen-bond donors (Lipinski definition) is 1. The van der Waals surface area contributed by atoms with Crippen molar-refractivity contribution in [1.82, 2.24) is 5.32 Å². The van der Waals surface area contributed by atoms with E-state index in [0.717, 1.165) is 5.92 Å². The molecule has 0 aliphatic carbocycles. The summed E-state index contributed by atoms with van der Waals surface area (Å²) in [5.41, 5.74) is 1.46. The van der Waals surface area contributed by atoms with Gasteiger partial charge in [-0.25, -0.2) is 0 Å². The van der Waals surface area contributed by atoms with Gasteiger partial charge in [0.15, 0.2) is 0 Å². The van der Waals surface area contributed by atoms with Crippen molar-refractivity contribution >= 4 is 0 Å². The highest BCUT2D eigenvalue weighted by Crippen LogP contribution is 2.21. The summed E-state index contributed by atoms with van der Waals surface area (Å²) >= 11 is 0. The van der Waals surface area contributed by atoms with E-state index < -0.39 is 0 Å². The molecule has 0 amide bonds. The van der Waals surface area contributed by atoms with Crippen LogP contribution in [0.2, 0.25) is 0 Å². The molecule has 0 spiro atoms. The first-order chi connectivity index (χ1) is 8.36. The number of rotatable bonds is 4. The fourth-order valence-electron chi connectivity index (χ4n) is 2.04. The Balaban J connectivity index is 0.00000121. The Kier molecular flexibility index (Phi) is 11.1. The Morgan fingerprint density at radius 2 is 1.76 bits per heavy atom. The van der Waals surface area contributed by atoms with E-state index in [9.17, 15) is 0 Å². The number of piperidine rings is 1. The lowest BCUT2D eigenvalue weighted by Crippen LogP contribution is -2.27. The predicted octanol–water partition coefficient (Wildman–Crippen LogP) is 4.48. The average molecular weight is 235 g/mol. The lowest BCUT2D eigenvalue weighted by molar-refractivity contribution is 0.374. The maximum absolute atomic E-state index is 3.41. The Morgan fingerprint density at radius 3 is 2.29 bits per heavy atom. The first-order valence-corrected chi connectivity index (χ1v) is 7.02. The highest BCUT2D eigenvalue weighted by Gasteiger charge is 2.13. The molecule has 0 aromatic carbocycles. The standard InChI is InChI=1S/C14H23N.C2H6/c1-3-5-7-13(6-4-2)12-14-8-10-15-11-9-14;1-2/h3-7,14-15H,8-12H2,1-2H3;1-2H3/b5-3-,6-4-,13-7+;. The minimum Gasteiger partial charge on any atom is -0.317 e. The van der Waals surface area contributed by atoms with Gasteiger partial charge >= 0.3 is 0 Å². The molecule has 1 fully saturated rings. The average Bonchev–Trinajstić information content (AvgIpc) is 2.40. The Labute approximate surface area is 108 Å². The van der Waals surface area contributed by atoms with E-state index in [2.05, 4.69) is 49.5 Å². The van der Waals surface area contributed by atoms with Gasteiger partial charge in [0.2, 0.25) is 0 Å². The van der Waals surface area contributed by atoms with Crippen molar-refractivity contribution in [1.29, 1.82) is 0 Å². The lowest BCUT2D eigenvalue weighted by atomic mass is 9.90. The highest BCUT2D eigenvalue weighted by atomic mass is 14.9. The monoisotopic (exact) mass is 235 g/mol. The van der Waals surface area contributed by atoms with Crippen molar-refractivity contribution in [2.75, 3.05) is 13.1 Å². The minimum absolute atomic E-state index is 0.874. The summed E-state index contributed by atoms with van der Waals surface area (Å²) in [5, 5.41) is 3.41. The van der Waals surface area contributed by atoms with E-state index >= 15 is 0 Å². The predicted molar refractivity (Wildman–Crippen MR) is 79.3 cm³/mol. The molecular weight excluding hydrogens is 206 g/mol. The second-order valence-electron chi connectivity index (χ2n) is 4.16. The van der Waals surface area contributed by atoms with Crippen molar-refractivity contribution < 1.29 is 0 Å². The molecule has 1 heterocycles. The molecule has 1 aliphatic rings. The molecule has 0 unspecified atom stereocenters. The summed E-state index contributed by atoms with van der Waals surface area (Å²) in [6.45, 7) is 10.5. The van der Waals surface area contributed by atoms with Crippen molar-refractivity contribution in [3.63, 3.8) is 0 Å². The molecule has 1 saturated heterocycles. The van der Waals surface area contributed by atoms with Gasteiger partial charge in [-0.15, -0.1) is 0 Å². The first kappa shape index (κ1) is 16.2. The number of allylic oxidation sites excluding steroid dienone is 6. The molecule has 1 rings (SSSR count). The van der Waals surface area contributed by atoms with Crippen LogP contribution in [0.25, 0.3) is 0 Å². The van der Waals surface area contributed by atoms with Crippen molar-refractivity contribution in [3.8, 4) is 0 Å². The fourth-order valence-corrected chi connectivity index (χ4v) is 2.04. The molecule has 0 saturated carbocycles. The summed E-state index contributed by atoms with van der Waals surface area (Å²) in [6.07, 6.45) is 14.7. The molecule has 0 aromatic rings. The van der Waals surface area contributed by atoms with Crippen LogP contribution in [-0.2, 0) is 0 Å². The van der Waals surface area contributed by atoms with Crippen molar-refractivity contribution in [2.45, 2.75) is 47.0 Å². The molecule has 0 aromatic heterocycles. The van der Waals surface area contributed by atoms with Crippen molar-refractivity contribution in [3.05, 3.63) is 36.0 Å². The van der Waals surface area contributed by atoms with Crippen molar-refractivity contribution in [2.24, 2.45) is 5.92 Å². The zero-order valence-electron chi connectivity index (χ0n) is 12.0. The maximum Gasteiger partial charge on any atom is -0.00462 e. The molecule has 0 radical (unpaired) electrons. The summed E-state index contributed by atoms with van der Waals surface area (Å²) in [5.74, 6) is 0.874. The Bertz CT molecular complexity index is 242. The molecule has 98 valence electrons. The van der Waals surface area contributed by atoms with Crippen LogP contribution in [-0.4, -0.2) is 13.1 Å². The van der Waals surface area contributed by atoms with E-state index in [1.165, 1.54) is 37.9 Å². The van der Waals surface area contributed by atoms with Crippen LogP contribution in [0.4, 0.5) is 0 Å². The zero-order valence-corrected chi connectivity index (χ0v) is 12.0. The third kappa shape index (κ3) is 7.98. The third-order valence-corrected chi connectivity index (χ3v) is 2.87. The van der Waals surface area contributed by atoms with Gasteiger partial charge in [-0.2, -0.15) is 0 Å². The summed E-state index contributed by atoms with van der Waals surface area (Å²) in [7, 11) is 0. The van der Waals surface area contributed by atoms with Gasteiger partial charge < -0.3 is 5.32 Å². The number of hydrogen-bond acceptors (Lipinski definition) is 1. The molecule has 17 heavy (non-hydrogen) atoms. The van der Waals surface area contributed by atoms with E-state index in [1.54, 1.807) is 0 Å². The van der Waals surface area contributed by atoms with Crippen LogP contribution in [0.3, 0.4) is 0 Å². The van der Waals surface area contributed by atoms with Crippen LogP contribution in [0.5, 0.6) is 0 Å². The second kappa shape index (κ2) is 11.7. The molecule has 1 aliphatic heterocycles. The third-order valence-electron chi connectivity index (χ3n) is 2.87. The smallest absolute Gasteiger partial charge is 0.00462 e. The van der Waals surface area contributed by atoms with Gasteiger partial charge in [0.1, 0.15) is 0 Å². The van der Waals surface area contributed by atoms with Gasteiger partial charge in [-0.05, 0) is 57.7 Å². The molecule has 1 N–H and O–H groups in total. The van der Waals surface area contributed by atoms with E-state index in [-0.39, 0.29) is 0 Å². The Hall–Kier alpha value is -0.820. The topological polar surface area (TPSA) is 12.0 Å². The zero-order chi connectivity index (χ0) is 12.9. The quantitative estimate of drug-likeness (QED) is 0.708. The minimum atomic E-state index is 0.874. The second-order valence-corrected chi connectivity index (χ2v) is 4.16. The van der Waals surface area contributed by atoms with Crippen LogP contribution >= 0.6 is 0 Å². The molecule has 1 nitrogen and oxygen atoms in total. The fraction of sp³-hybridized carbons (Fsp3) is 0.625. The van der Waals surface area contributed by atoms with Crippen LogP contribution < -0.4 is 5.32 Å². The molecule has 0 bridgehead atoms. The van der Waals surface area contributed by atoms with Crippen LogP contribution in [0, 0.1) is 5.92 Å². The normalized spacial score (nSPS) is 18.5.